The molecule has 33 heteroatoms. The van der Waals surface area contributed by atoms with Crippen molar-refractivity contribution in [3.63, 3.8) is 0 Å². The van der Waals surface area contributed by atoms with Crippen LogP contribution in [0.4, 0.5) is 0 Å². The topological polar surface area (TPSA) is 493 Å². The molecular weight excluding hydrogens is 1270 g/mol. The fraction of sp³-hybridized carbons (Fsp3) is 0.787. The van der Waals surface area contributed by atoms with Gasteiger partial charge in [-0.05, 0) is 80.9 Å². The van der Waals surface area contributed by atoms with Gasteiger partial charge in [0.2, 0.25) is 29.5 Å². The molecule has 32 nitrogen and oxygen atoms in total. The van der Waals surface area contributed by atoms with Crippen molar-refractivity contribution in [3.05, 3.63) is 34.9 Å². The number of aliphatic hydroxyl groups excluding tert-OH is 10. The number of hydrogen-bond donors (Lipinski definition) is 16. The third-order valence-electron chi connectivity index (χ3n) is 16.5. The number of carbonyl (C=O) groups excluding carboxylic acids is 7. The zero-order valence-electron chi connectivity index (χ0n) is 54.0. The lowest BCUT2D eigenvalue weighted by Gasteiger charge is -2.42. The summed E-state index contributed by atoms with van der Waals surface area (Å²) in [5.74, 6) is -5.80. The summed E-state index contributed by atoms with van der Waals surface area (Å²) in [7, 11) is -3.29. The van der Waals surface area contributed by atoms with E-state index in [-0.39, 0.29) is 135 Å². The molecule has 0 aliphatic carbocycles. The molecule has 1 aromatic carbocycles. The van der Waals surface area contributed by atoms with E-state index in [1.165, 1.54) is 6.92 Å². The Morgan fingerprint density at radius 2 is 1.03 bits per heavy atom. The number of aliphatic hydroxyl groups is 10. The summed E-state index contributed by atoms with van der Waals surface area (Å²) in [6, 6.07) is 2.40. The number of phosphoric acid groups is 1. The van der Waals surface area contributed by atoms with Gasteiger partial charge < -0.3 is 111 Å². The van der Waals surface area contributed by atoms with E-state index in [9.17, 15) is 94.1 Å². The largest absolute Gasteiger partial charge is 0.472 e. The van der Waals surface area contributed by atoms with Gasteiger partial charge in [-0.2, -0.15) is 0 Å². The van der Waals surface area contributed by atoms with Crippen molar-refractivity contribution in [2.45, 2.75) is 229 Å². The van der Waals surface area contributed by atoms with Gasteiger partial charge in [0, 0.05) is 110 Å². The molecule has 1 unspecified atom stereocenters. The minimum absolute atomic E-state index is 0.0179. The maximum atomic E-state index is 14.4. The van der Waals surface area contributed by atoms with Gasteiger partial charge in [-0.1, -0.05) is 32.0 Å². The molecule has 0 aromatic heterocycles. The first-order valence-corrected chi connectivity index (χ1v) is 33.7. The highest BCUT2D eigenvalue weighted by molar-refractivity contribution is 7.47. The number of carbonyl (C=O) groups is 7. The maximum absolute atomic E-state index is 14.4. The Hall–Kier alpha value is -4.62. The standard InChI is InChI=1S/C61H102N5O27P/c1-35-52(77)54(79)45(31-68)91-59(35)87-22-10-7-13-42(72)28-41(16-18-49(75)62-20-9-12-24-89-61-51(65-37(3)71)57(82)56(81)47(33-70)93-61)58(83)66-43(17-19-50(76)63-21-8-11-23-88-60-36(2)53(78)55(80)46(32-69)92-60)44(73)14-5-6-15-48(74)64-29-38-25-39(30-67)27-40(26-38)34-90-94(84,85)86-4/h25-27,35-36,41,43,45-47,51-57,59-61,67-70,77-82H,5-24,28-34H2,1-4H3,(H,62,75)(H,63,76)(H,64,74)(H,65,71)(H,66,83)(H,84,85)/t35-,36-,41-,43+,45-,46-,47-,51-,52-,53-,54+,55+,56+,57-,59-,60-,61-/m1/s1. The predicted molar refractivity (Wildman–Crippen MR) is 328 cm³/mol. The summed E-state index contributed by atoms with van der Waals surface area (Å²) in [5.41, 5.74) is 1.44. The Kier molecular flexibility index (Phi) is 37.4. The van der Waals surface area contributed by atoms with Crippen molar-refractivity contribution >= 4 is 48.9 Å². The van der Waals surface area contributed by atoms with Crippen molar-refractivity contribution < 1.29 is 132 Å². The van der Waals surface area contributed by atoms with Crippen molar-refractivity contribution in [2.24, 2.45) is 17.8 Å². The van der Waals surface area contributed by atoms with Gasteiger partial charge in [-0.3, -0.25) is 42.6 Å². The second kappa shape index (κ2) is 42.9. The molecule has 0 spiro atoms. The van der Waals surface area contributed by atoms with Gasteiger partial charge >= 0.3 is 7.82 Å². The quantitative estimate of drug-likeness (QED) is 0.0246. The van der Waals surface area contributed by atoms with Crippen LogP contribution in [0.3, 0.4) is 0 Å². The lowest BCUT2D eigenvalue weighted by atomic mass is 9.92. The van der Waals surface area contributed by atoms with E-state index in [0.29, 0.717) is 48.8 Å². The molecule has 0 saturated carbocycles. The molecule has 0 radical (unpaired) electrons. The third-order valence-corrected chi connectivity index (χ3v) is 17.4. The van der Waals surface area contributed by atoms with E-state index < -0.39 is 161 Å². The summed E-state index contributed by atoms with van der Waals surface area (Å²) < 4.78 is 55.4. The average molecular weight is 1370 g/mol. The van der Waals surface area contributed by atoms with E-state index in [1.54, 1.807) is 32.0 Å². The molecule has 3 saturated heterocycles. The smallest absolute Gasteiger partial charge is 0.394 e. The number of benzene rings is 1. The molecular formula is C61H102N5O27P. The van der Waals surface area contributed by atoms with Gasteiger partial charge in [-0.15, -0.1) is 0 Å². The second-order valence-corrected chi connectivity index (χ2v) is 25.6. The van der Waals surface area contributed by atoms with Crippen LogP contribution < -0.4 is 26.6 Å². The van der Waals surface area contributed by atoms with Crippen molar-refractivity contribution in [1.82, 2.24) is 26.6 Å². The number of rotatable bonds is 45. The van der Waals surface area contributed by atoms with Gasteiger partial charge in [0.15, 0.2) is 24.7 Å². The highest BCUT2D eigenvalue weighted by Crippen LogP contribution is 2.43. The number of phosphoric ester groups is 1. The first kappa shape index (κ1) is 81.8. The van der Waals surface area contributed by atoms with Crippen molar-refractivity contribution in [3.8, 4) is 0 Å². The maximum Gasteiger partial charge on any atom is 0.472 e. The third kappa shape index (κ3) is 28.1. The van der Waals surface area contributed by atoms with Crippen LogP contribution in [0, 0.1) is 17.8 Å². The highest BCUT2D eigenvalue weighted by atomic mass is 31.2. The molecule has 5 amide bonds. The molecule has 538 valence electrons. The number of amides is 5. The highest BCUT2D eigenvalue weighted by Gasteiger charge is 2.46. The van der Waals surface area contributed by atoms with Crippen molar-refractivity contribution in [2.75, 3.05) is 59.8 Å². The van der Waals surface area contributed by atoms with E-state index in [2.05, 4.69) is 31.1 Å². The summed E-state index contributed by atoms with van der Waals surface area (Å²) in [6.07, 6.45) is -13.1. The summed E-state index contributed by atoms with van der Waals surface area (Å²) >= 11 is 0. The molecule has 3 aliphatic heterocycles. The summed E-state index contributed by atoms with van der Waals surface area (Å²) in [5, 5.41) is 114. The van der Waals surface area contributed by atoms with Gasteiger partial charge in [0.05, 0.1) is 51.3 Å². The molecule has 16 N–H and O–H groups in total. The Labute approximate surface area is 547 Å². The molecule has 3 fully saturated rings. The van der Waals surface area contributed by atoms with Crippen LogP contribution in [0.25, 0.3) is 0 Å². The Morgan fingerprint density at radius 1 is 0.564 bits per heavy atom. The molecule has 18 atom stereocenters. The molecule has 0 bridgehead atoms. The Morgan fingerprint density at radius 3 is 1.56 bits per heavy atom. The second-order valence-electron chi connectivity index (χ2n) is 24.0. The fourth-order valence-corrected chi connectivity index (χ4v) is 11.2. The van der Waals surface area contributed by atoms with Crippen LogP contribution in [0.1, 0.15) is 140 Å². The number of unbranched alkanes of at least 4 members (excludes halogenated alkanes) is 4. The number of ether oxygens (including phenoxy) is 6. The monoisotopic (exact) mass is 1370 g/mol. The molecule has 94 heavy (non-hydrogen) atoms. The van der Waals surface area contributed by atoms with Crippen molar-refractivity contribution in [1.29, 1.82) is 0 Å². The molecule has 1 aromatic rings. The van der Waals surface area contributed by atoms with E-state index >= 15 is 0 Å². The Bertz CT molecular complexity index is 2540. The predicted octanol–water partition coefficient (Wildman–Crippen LogP) is -2.08. The lowest BCUT2D eigenvalue weighted by molar-refractivity contribution is -0.282. The van der Waals surface area contributed by atoms with E-state index in [0.717, 1.165) is 7.11 Å². The number of Topliss-reactive ketones (excluding diaryl/α,β-unsaturated/α-hetero) is 2. The first-order valence-electron chi connectivity index (χ1n) is 32.2. The number of nitrogens with one attached hydrogen (secondary N) is 5. The van der Waals surface area contributed by atoms with Gasteiger partial charge in [0.1, 0.15) is 54.6 Å². The number of ketones is 2. The van der Waals surface area contributed by atoms with Crippen LogP contribution in [-0.2, 0) is 95.4 Å². The first-order chi connectivity index (χ1) is 44.8. The summed E-state index contributed by atoms with van der Waals surface area (Å²) in [4.78, 5) is 103. The van der Waals surface area contributed by atoms with Crippen LogP contribution >= 0.6 is 7.82 Å². The minimum atomic E-state index is -4.30. The fourth-order valence-electron chi connectivity index (χ4n) is 10.8. The Balaban J connectivity index is 1.40. The van der Waals surface area contributed by atoms with Crippen LogP contribution in [0.5, 0.6) is 0 Å². The zero-order chi connectivity index (χ0) is 69.5. The SMILES string of the molecule is COP(=O)(O)OCc1cc(CO)cc(CNC(=O)CCCCC(=O)[C@H](CCC(=O)NCCCCO[C@@H]2O[C@H](CO)[C@H](O)[C@H](O)[C@H]2C)NC(=O)[C@H](CCC(=O)NCCCCO[C@@H]2O[C@H](CO)[C@H](O)[C@H](O)[C@H]2NC(C)=O)CC(=O)CCCCO[C@@H]2O[C@H](CO)[C@H](O)[C@H](O)[C@H]2C)c1. The number of hydrogen-bond acceptors (Lipinski definition) is 26. The molecule has 3 aliphatic rings. The molecule has 4 rings (SSSR count). The summed E-state index contributed by atoms with van der Waals surface area (Å²) in [6.45, 7) is 2.64. The minimum Gasteiger partial charge on any atom is -0.394 e. The van der Waals surface area contributed by atoms with Crippen LogP contribution in [0.15, 0.2) is 18.2 Å². The van der Waals surface area contributed by atoms with Crippen LogP contribution in [-0.4, -0.2) is 243 Å². The normalized spacial score (nSPS) is 27.5. The van der Waals surface area contributed by atoms with Gasteiger partial charge in [0.25, 0.3) is 0 Å². The lowest BCUT2D eigenvalue weighted by Crippen LogP contribution is -2.64. The zero-order valence-corrected chi connectivity index (χ0v) is 54.9. The van der Waals surface area contributed by atoms with Gasteiger partial charge in [-0.25, -0.2) is 4.57 Å². The average Bonchev–Trinajstić information content (AvgIpc) is 0.852. The van der Waals surface area contributed by atoms with E-state index in [1.807, 2.05) is 0 Å². The van der Waals surface area contributed by atoms with E-state index in [4.69, 9.17) is 32.9 Å². The van der Waals surface area contributed by atoms with Crippen LogP contribution in [0.2, 0.25) is 0 Å². The molecule has 3 heterocycles.